The summed E-state index contributed by atoms with van der Waals surface area (Å²) in [4.78, 5) is 11.9. The van der Waals surface area contributed by atoms with Crippen LogP contribution in [0.15, 0.2) is 42.5 Å². The van der Waals surface area contributed by atoms with E-state index in [0.717, 1.165) is 34.0 Å². The summed E-state index contributed by atoms with van der Waals surface area (Å²) in [5.74, 6) is -1.73. The molecule has 0 aliphatic carbocycles. The first-order valence-electron chi connectivity index (χ1n) is 9.06. The molecule has 0 spiro atoms. The number of carbonyl (C=O) groups is 1. The molecule has 0 saturated carbocycles. The Morgan fingerprint density at radius 3 is 2.55 bits per heavy atom. The summed E-state index contributed by atoms with van der Waals surface area (Å²) in [6.45, 7) is 2.54. The van der Waals surface area contributed by atoms with E-state index in [1.54, 1.807) is 0 Å². The van der Waals surface area contributed by atoms with Crippen molar-refractivity contribution in [3.8, 4) is 5.75 Å². The second-order valence-corrected chi connectivity index (χ2v) is 8.46. The number of anilines is 1. The zero-order valence-electron chi connectivity index (χ0n) is 16.3. The van der Waals surface area contributed by atoms with Crippen molar-refractivity contribution < 1.29 is 26.7 Å². The quantitative estimate of drug-likeness (QED) is 0.593. The minimum atomic E-state index is -3.71. The first-order chi connectivity index (χ1) is 13.7. The lowest BCUT2D eigenvalue weighted by Crippen LogP contribution is -2.33. The van der Waals surface area contributed by atoms with Crippen molar-refractivity contribution in [2.24, 2.45) is 0 Å². The van der Waals surface area contributed by atoms with Gasteiger partial charge in [0.15, 0.2) is 11.6 Å². The number of benzene rings is 2. The molecule has 2 rings (SSSR count). The van der Waals surface area contributed by atoms with Gasteiger partial charge in [-0.2, -0.15) is 0 Å². The Morgan fingerprint density at radius 1 is 1.14 bits per heavy atom. The van der Waals surface area contributed by atoms with Crippen molar-refractivity contribution in [2.75, 3.05) is 30.3 Å². The van der Waals surface area contributed by atoms with Crippen LogP contribution in [0.25, 0.3) is 0 Å². The molecule has 0 aliphatic rings. The first-order valence-corrected chi connectivity index (χ1v) is 10.9. The molecular weight excluding hydrogens is 402 g/mol. The maximum atomic E-state index is 13.4. The van der Waals surface area contributed by atoms with Crippen LogP contribution in [0.3, 0.4) is 0 Å². The molecule has 1 N–H and O–H groups in total. The van der Waals surface area contributed by atoms with E-state index in [-0.39, 0.29) is 31.0 Å². The predicted molar refractivity (Wildman–Crippen MR) is 107 cm³/mol. The third-order valence-electron chi connectivity index (χ3n) is 4.04. The van der Waals surface area contributed by atoms with E-state index in [9.17, 15) is 22.0 Å². The molecule has 9 heteroatoms. The normalized spacial score (nSPS) is 11.2. The Labute approximate surface area is 169 Å². The molecule has 2 aromatic rings. The van der Waals surface area contributed by atoms with E-state index in [1.165, 1.54) is 6.07 Å². The van der Waals surface area contributed by atoms with Crippen LogP contribution < -0.4 is 14.4 Å². The maximum absolute atomic E-state index is 13.4. The van der Waals surface area contributed by atoms with E-state index in [4.69, 9.17) is 4.74 Å². The van der Waals surface area contributed by atoms with Gasteiger partial charge in [0.05, 0.1) is 18.5 Å². The van der Waals surface area contributed by atoms with Crippen LogP contribution in [0, 0.1) is 18.6 Å². The summed E-state index contributed by atoms with van der Waals surface area (Å²) >= 11 is 0. The highest BCUT2D eigenvalue weighted by atomic mass is 32.2. The molecule has 158 valence electrons. The number of hydrogen-bond acceptors (Lipinski definition) is 4. The Balaban J connectivity index is 1.78. The van der Waals surface area contributed by atoms with Gasteiger partial charge in [0, 0.05) is 19.0 Å². The second-order valence-electron chi connectivity index (χ2n) is 6.55. The predicted octanol–water partition coefficient (Wildman–Crippen LogP) is 3.01. The average Bonchev–Trinajstić information content (AvgIpc) is 2.64. The zero-order valence-corrected chi connectivity index (χ0v) is 17.1. The van der Waals surface area contributed by atoms with Crippen LogP contribution in [0.2, 0.25) is 0 Å². The van der Waals surface area contributed by atoms with Gasteiger partial charge in [-0.05, 0) is 43.2 Å². The standard InChI is InChI=1S/C20H24F2N2O4S/c1-15-5-3-6-17(13-15)28-12-10-23-20(25)7-4-11-24(29(2,26)27)16-8-9-18(21)19(22)14-16/h3,5-6,8-9,13-14H,4,7,10-12H2,1-2H3,(H,23,25). The van der Waals surface area contributed by atoms with Crippen LogP contribution in [0.1, 0.15) is 18.4 Å². The van der Waals surface area contributed by atoms with Crippen LogP contribution in [0.4, 0.5) is 14.5 Å². The van der Waals surface area contributed by atoms with Gasteiger partial charge in [-0.25, -0.2) is 17.2 Å². The third kappa shape index (κ3) is 7.34. The lowest BCUT2D eigenvalue weighted by atomic mass is 10.2. The van der Waals surface area contributed by atoms with Gasteiger partial charge in [-0.1, -0.05) is 12.1 Å². The number of halogens is 2. The summed E-state index contributed by atoms with van der Waals surface area (Å²) < 4.78 is 56.9. The van der Waals surface area contributed by atoms with Crippen LogP contribution in [-0.2, 0) is 14.8 Å². The van der Waals surface area contributed by atoms with Crippen molar-refractivity contribution in [3.05, 3.63) is 59.7 Å². The van der Waals surface area contributed by atoms with Gasteiger partial charge in [0.25, 0.3) is 0 Å². The molecule has 0 unspecified atom stereocenters. The van der Waals surface area contributed by atoms with Gasteiger partial charge in [-0.3, -0.25) is 9.10 Å². The van der Waals surface area contributed by atoms with E-state index >= 15 is 0 Å². The Bertz CT molecular complexity index is 951. The first kappa shape index (κ1) is 22.6. The lowest BCUT2D eigenvalue weighted by Gasteiger charge is -2.22. The number of aryl methyl sites for hydroxylation is 1. The number of hydrogen-bond donors (Lipinski definition) is 1. The maximum Gasteiger partial charge on any atom is 0.232 e. The molecule has 6 nitrogen and oxygen atoms in total. The average molecular weight is 426 g/mol. The molecule has 0 aliphatic heterocycles. The Kier molecular flexibility index (Phi) is 7.95. The fourth-order valence-electron chi connectivity index (χ4n) is 2.66. The topological polar surface area (TPSA) is 75.7 Å². The fourth-order valence-corrected chi connectivity index (χ4v) is 3.62. The minimum Gasteiger partial charge on any atom is -0.492 e. The highest BCUT2D eigenvalue weighted by molar-refractivity contribution is 7.92. The monoisotopic (exact) mass is 426 g/mol. The number of rotatable bonds is 10. The number of amides is 1. The molecule has 2 aromatic carbocycles. The SMILES string of the molecule is Cc1cccc(OCCNC(=O)CCCN(c2ccc(F)c(F)c2)S(C)(=O)=O)c1. The van der Waals surface area contributed by atoms with Gasteiger partial charge < -0.3 is 10.1 Å². The highest BCUT2D eigenvalue weighted by Gasteiger charge is 2.19. The number of sulfonamides is 1. The smallest absolute Gasteiger partial charge is 0.232 e. The summed E-state index contributed by atoms with van der Waals surface area (Å²) in [7, 11) is -3.71. The third-order valence-corrected chi connectivity index (χ3v) is 5.23. The number of carbonyl (C=O) groups excluding carboxylic acids is 1. The van der Waals surface area contributed by atoms with Crippen LogP contribution in [-0.4, -0.2) is 40.3 Å². The van der Waals surface area contributed by atoms with Crippen LogP contribution in [0.5, 0.6) is 5.75 Å². The number of nitrogens with zero attached hydrogens (tertiary/aromatic N) is 1. The summed E-state index contributed by atoms with van der Waals surface area (Å²) in [6.07, 6.45) is 1.27. The van der Waals surface area contributed by atoms with E-state index in [1.807, 2.05) is 31.2 Å². The largest absolute Gasteiger partial charge is 0.492 e. The summed E-state index contributed by atoms with van der Waals surface area (Å²) in [6, 6.07) is 10.4. The van der Waals surface area contributed by atoms with Gasteiger partial charge in [-0.15, -0.1) is 0 Å². The molecule has 0 radical (unpaired) electrons. The van der Waals surface area contributed by atoms with Gasteiger partial charge >= 0.3 is 0 Å². The molecule has 0 saturated heterocycles. The van der Waals surface area contributed by atoms with E-state index in [2.05, 4.69) is 5.32 Å². The summed E-state index contributed by atoms with van der Waals surface area (Å²) in [5.41, 5.74) is 1.08. The molecule has 0 bridgehead atoms. The number of ether oxygens (including phenoxy) is 1. The molecule has 0 aromatic heterocycles. The van der Waals surface area contributed by atoms with Crippen molar-refractivity contribution in [1.29, 1.82) is 0 Å². The van der Waals surface area contributed by atoms with Gasteiger partial charge in [0.2, 0.25) is 15.9 Å². The Morgan fingerprint density at radius 2 is 1.90 bits per heavy atom. The van der Waals surface area contributed by atoms with Crippen molar-refractivity contribution in [2.45, 2.75) is 19.8 Å². The molecule has 1 amide bonds. The molecule has 0 atom stereocenters. The van der Waals surface area contributed by atoms with Crippen LogP contribution >= 0.6 is 0 Å². The molecule has 0 fully saturated rings. The second kappa shape index (κ2) is 10.2. The number of nitrogens with one attached hydrogen (secondary N) is 1. The van der Waals surface area contributed by atoms with Crippen molar-refractivity contribution in [1.82, 2.24) is 5.32 Å². The highest BCUT2D eigenvalue weighted by Crippen LogP contribution is 2.21. The van der Waals surface area contributed by atoms with Crippen molar-refractivity contribution >= 4 is 21.6 Å². The Hall–Kier alpha value is -2.68. The summed E-state index contributed by atoms with van der Waals surface area (Å²) in [5, 5.41) is 2.69. The van der Waals surface area contributed by atoms with E-state index < -0.39 is 21.7 Å². The molecule has 29 heavy (non-hydrogen) atoms. The van der Waals surface area contributed by atoms with E-state index in [0.29, 0.717) is 13.2 Å². The molecule has 0 heterocycles. The fraction of sp³-hybridized carbons (Fsp3) is 0.350. The lowest BCUT2D eigenvalue weighted by molar-refractivity contribution is -0.121. The van der Waals surface area contributed by atoms with Crippen molar-refractivity contribution in [3.63, 3.8) is 0 Å². The molecular formula is C20H24F2N2O4S. The minimum absolute atomic E-state index is 0.0124. The van der Waals surface area contributed by atoms with Gasteiger partial charge in [0.1, 0.15) is 12.4 Å². The zero-order chi connectivity index (χ0) is 21.4.